The molecule has 2 aromatic carbocycles. The van der Waals surface area contributed by atoms with Gasteiger partial charge in [-0.15, -0.1) is 0 Å². The summed E-state index contributed by atoms with van der Waals surface area (Å²) in [5.74, 6) is -1.62. The standard InChI is InChI=1S/C15H13BrF2N2O/c1-8-4-11(19)6-12(14(8)18)15(21)20-7-9-5-10(17)2-3-13(9)16/h2-6H,7,19H2,1H3,(H,20,21). The van der Waals surface area contributed by atoms with Crippen LogP contribution in [0.4, 0.5) is 14.5 Å². The number of halogens is 3. The fourth-order valence-corrected chi connectivity index (χ4v) is 2.30. The summed E-state index contributed by atoms with van der Waals surface area (Å²) in [7, 11) is 0. The van der Waals surface area contributed by atoms with Gasteiger partial charge >= 0.3 is 0 Å². The second-order valence-corrected chi connectivity index (χ2v) is 5.47. The molecule has 2 rings (SSSR count). The van der Waals surface area contributed by atoms with Gasteiger partial charge in [0.25, 0.3) is 5.91 Å². The first-order chi connectivity index (χ1) is 9.88. The number of nitrogens with one attached hydrogen (secondary N) is 1. The quantitative estimate of drug-likeness (QED) is 0.828. The van der Waals surface area contributed by atoms with Crippen molar-refractivity contribution >= 4 is 27.5 Å². The molecule has 0 heterocycles. The zero-order valence-electron chi connectivity index (χ0n) is 11.2. The predicted octanol–water partition coefficient (Wildman–Crippen LogP) is 3.55. The fraction of sp³-hybridized carbons (Fsp3) is 0.133. The first kappa shape index (κ1) is 15.4. The van der Waals surface area contributed by atoms with Crippen LogP contribution in [0, 0.1) is 18.6 Å². The molecule has 0 aliphatic rings. The number of nitrogen functional groups attached to an aromatic ring is 1. The topological polar surface area (TPSA) is 55.1 Å². The highest BCUT2D eigenvalue weighted by atomic mass is 79.9. The van der Waals surface area contributed by atoms with E-state index in [9.17, 15) is 13.6 Å². The molecule has 0 aliphatic carbocycles. The molecule has 0 saturated carbocycles. The summed E-state index contributed by atoms with van der Waals surface area (Å²) in [4.78, 5) is 12.0. The number of carbonyl (C=O) groups excluding carboxylic acids is 1. The Morgan fingerprint density at radius 1 is 1.29 bits per heavy atom. The zero-order valence-corrected chi connectivity index (χ0v) is 12.8. The van der Waals surface area contributed by atoms with Crippen LogP contribution >= 0.6 is 15.9 Å². The number of rotatable bonds is 3. The minimum atomic E-state index is -0.611. The number of amides is 1. The van der Waals surface area contributed by atoms with E-state index < -0.39 is 17.5 Å². The number of hydrogen-bond acceptors (Lipinski definition) is 2. The van der Waals surface area contributed by atoms with Gasteiger partial charge in [-0.1, -0.05) is 15.9 Å². The summed E-state index contributed by atoms with van der Waals surface area (Å²) in [6.07, 6.45) is 0. The molecule has 0 unspecified atom stereocenters. The largest absolute Gasteiger partial charge is 0.399 e. The van der Waals surface area contributed by atoms with E-state index in [1.165, 1.54) is 31.2 Å². The van der Waals surface area contributed by atoms with Crippen molar-refractivity contribution in [2.75, 3.05) is 5.73 Å². The van der Waals surface area contributed by atoms with Gasteiger partial charge in [-0.25, -0.2) is 8.78 Å². The summed E-state index contributed by atoms with van der Waals surface area (Å²) >= 11 is 3.26. The van der Waals surface area contributed by atoms with Gasteiger partial charge in [-0.3, -0.25) is 4.79 Å². The number of benzene rings is 2. The summed E-state index contributed by atoms with van der Waals surface area (Å²) in [5.41, 5.74) is 6.66. The van der Waals surface area contributed by atoms with Crippen molar-refractivity contribution in [3.63, 3.8) is 0 Å². The van der Waals surface area contributed by atoms with Gasteiger partial charge in [0.15, 0.2) is 0 Å². The Morgan fingerprint density at radius 2 is 2.00 bits per heavy atom. The van der Waals surface area contributed by atoms with Crippen LogP contribution in [0.1, 0.15) is 21.5 Å². The molecule has 0 fully saturated rings. The SMILES string of the molecule is Cc1cc(N)cc(C(=O)NCc2cc(F)ccc2Br)c1F. The second-order valence-electron chi connectivity index (χ2n) is 4.62. The molecule has 3 N–H and O–H groups in total. The predicted molar refractivity (Wildman–Crippen MR) is 80.8 cm³/mol. The molecular weight excluding hydrogens is 342 g/mol. The summed E-state index contributed by atoms with van der Waals surface area (Å²) < 4.78 is 27.7. The average Bonchev–Trinajstić information content (AvgIpc) is 2.43. The van der Waals surface area contributed by atoms with E-state index in [0.717, 1.165) is 0 Å². The van der Waals surface area contributed by atoms with Crippen LogP contribution in [0.15, 0.2) is 34.8 Å². The van der Waals surface area contributed by atoms with Crippen LogP contribution in [-0.4, -0.2) is 5.91 Å². The molecule has 3 nitrogen and oxygen atoms in total. The monoisotopic (exact) mass is 354 g/mol. The Kier molecular flexibility index (Phi) is 4.57. The summed E-state index contributed by atoms with van der Waals surface area (Å²) in [6.45, 7) is 1.61. The smallest absolute Gasteiger partial charge is 0.254 e. The molecule has 0 bridgehead atoms. The van der Waals surface area contributed by atoms with E-state index in [4.69, 9.17) is 5.73 Å². The number of hydrogen-bond donors (Lipinski definition) is 2. The van der Waals surface area contributed by atoms with Crippen molar-refractivity contribution in [2.24, 2.45) is 0 Å². The molecule has 0 spiro atoms. The molecule has 21 heavy (non-hydrogen) atoms. The molecule has 2 aromatic rings. The summed E-state index contributed by atoms with van der Waals surface area (Å²) in [6, 6.07) is 6.87. The maximum absolute atomic E-state index is 13.9. The Balaban J connectivity index is 2.17. The van der Waals surface area contributed by atoms with Gasteiger partial charge in [0, 0.05) is 16.7 Å². The minimum Gasteiger partial charge on any atom is -0.399 e. The van der Waals surface area contributed by atoms with Crippen molar-refractivity contribution in [1.29, 1.82) is 0 Å². The highest BCUT2D eigenvalue weighted by Crippen LogP contribution is 2.19. The first-order valence-corrected chi connectivity index (χ1v) is 6.95. The van der Waals surface area contributed by atoms with E-state index >= 15 is 0 Å². The molecule has 0 aliphatic heterocycles. The van der Waals surface area contributed by atoms with Crippen LogP contribution in [0.2, 0.25) is 0 Å². The van der Waals surface area contributed by atoms with Gasteiger partial charge < -0.3 is 11.1 Å². The maximum atomic E-state index is 13.9. The first-order valence-electron chi connectivity index (χ1n) is 6.16. The lowest BCUT2D eigenvalue weighted by Crippen LogP contribution is -2.24. The van der Waals surface area contributed by atoms with Gasteiger partial charge in [-0.05, 0) is 48.4 Å². The minimum absolute atomic E-state index is 0.0739. The highest BCUT2D eigenvalue weighted by molar-refractivity contribution is 9.10. The van der Waals surface area contributed by atoms with Gasteiger partial charge in [-0.2, -0.15) is 0 Å². The zero-order chi connectivity index (χ0) is 15.6. The molecule has 0 radical (unpaired) electrons. The van der Waals surface area contributed by atoms with Crippen molar-refractivity contribution in [1.82, 2.24) is 5.32 Å². The van der Waals surface area contributed by atoms with Crippen molar-refractivity contribution in [3.8, 4) is 0 Å². The second kappa shape index (κ2) is 6.22. The Morgan fingerprint density at radius 3 is 2.71 bits per heavy atom. The molecular formula is C15H13BrF2N2O. The average molecular weight is 355 g/mol. The molecule has 0 aromatic heterocycles. The van der Waals surface area contributed by atoms with E-state index in [1.54, 1.807) is 6.07 Å². The molecule has 0 saturated heterocycles. The van der Waals surface area contributed by atoms with Gasteiger partial charge in [0.05, 0.1) is 5.56 Å². The van der Waals surface area contributed by atoms with E-state index in [-0.39, 0.29) is 12.1 Å². The third kappa shape index (κ3) is 3.58. The van der Waals surface area contributed by atoms with Crippen molar-refractivity contribution < 1.29 is 13.6 Å². The van der Waals surface area contributed by atoms with Crippen LogP contribution in [-0.2, 0) is 6.54 Å². The van der Waals surface area contributed by atoms with E-state index in [2.05, 4.69) is 21.2 Å². The third-order valence-electron chi connectivity index (χ3n) is 2.97. The third-order valence-corrected chi connectivity index (χ3v) is 3.74. The number of anilines is 1. The highest BCUT2D eigenvalue weighted by Gasteiger charge is 2.15. The Hall–Kier alpha value is -1.95. The molecule has 0 atom stereocenters. The Labute approximate surface area is 129 Å². The van der Waals surface area contributed by atoms with E-state index in [1.807, 2.05) is 0 Å². The summed E-state index contributed by atoms with van der Waals surface area (Å²) in [5, 5.41) is 2.55. The van der Waals surface area contributed by atoms with E-state index in [0.29, 0.717) is 21.3 Å². The number of nitrogens with two attached hydrogens (primary N) is 1. The van der Waals surface area contributed by atoms with Crippen LogP contribution < -0.4 is 11.1 Å². The van der Waals surface area contributed by atoms with Crippen LogP contribution in [0.3, 0.4) is 0 Å². The lowest BCUT2D eigenvalue weighted by atomic mass is 10.1. The van der Waals surface area contributed by atoms with Crippen molar-refractivity contribution in [2.45, 2.75) is 13.5 Å². The van der Waals surface area contributed by atoms with Gasteiger partial charge in [0.2, 0.25) is 0 Å². The Bertz CT molecular complexity index is 704. The fourth-order valence-electron chi connectivity index (χ4n) is 1.91. The molecule has 110 valence electrons. The number of carbonyl (C=O) groups is 1. The molecule has 6 heteroatoms. The van der Waals surface area contributed by atoms with Crippen molar-refractivity contribution in [3.05, 3.63) is 63.1 Å². The maximum Gasteiger partial charge on any atom is 0.254 e. The lowest BCUT2D eigenvalue weighted by Gasteiger charge is -2.10. The van der Waals surface area contributed by atoms with Gasteiger partial charge in [0.1, 0.15) is 11.6 Å². The van der Waals surface area contributed by atoms with Crippen LogP contribution in [0.25, 0.3) is 0 Å². The normalized spacial score (nSPS) is 10.5. The lowest BCUT2D eigenvalue weighted by molar-refractivity contribution is 0.0946. The molecule has 1 amide bonds. The number of aryl methyl sites for hydroxylation is 1. The van der Waals surface area contributed by atoms with Crippen LogP contribution in [0.5, 0.6) is 0 Å².